The van der Waals surface area contributed by atoms with Gasteiger partial charge in [0.1, 0.15) is 0 Å². The van der Waals surface area contributed by atoms with E-state index >= 15 is 0 Å². The molecule has 0 saturated heterocycles. The first kappa shape index (κ1) is 16.1. The molecular formula is C14H20N2O4. The Kier molecular flexibility index (Phi) is 6.14. The molecule has 0 bridgehead atoms. The molecule has 0 saturated carbocycles. The third-order valence-corrected chi connectivity index (χ3v) is 2.81. The number of rotatable bonds is 7. The topological polar surface area (TPSA) is 89.9 Å². The molecule has 0 fully saturated rings. The number of anilines is 1. The third kappa shape index (κ3) is 5.81. The van der Waals surface area contributed by atoms with Crippen molar-refractivity contribution in [1.82, 2.24) is 4.90 Å². The standard InChI is InChI=1S/C14H20N2O4/c1-10(17)15-12-5-3-11(4-6-12)13(18)9-16(2)8-7-14(19)20/h3-6,13,18H,7-9H2,1-2H3,(H,15,17)(H,19,20). The molecule has 0 aromatic heterocycles. The number of hydrogen-bond donors (Lipinski definition) is 3. The molecule has 1 amide bonds. The zero-order valence-electron chi connectivity index (χ0n) is 11.7. The maximum atomic E-state index is 10.9. The van der Waals surface area contributed by atoms with E-state index in [0.29, 0.717) is 18.8 Å². The molecule has 1 rings (SSSR count). The lowest BCUT2D eigenvalue weighted by Gasteiger charge is -2.20. The molecule has 0 radical (unpaired) electrons. The SMILES string of the molecule is CC(=O)Nc1ccc(C(O)CN(C)CCC(=O)O)cc1. The minimum atomic E-state index is -0.856. The minimum absolute atomic E-state index is 0.0463. The molecule has 1 atom stereocenters. The molecule has 6 heteroatoms. The summed E-state index contributed by atoms with van der Waals surface area (Å²) in [4.78, 5) is 23.1. The van der Waals surface area contributed by atoms with Crippen molar-refractivity contribution in [2.75, 3.05) is 25.5 Å². The number of benzene rings is 1. The quantitative estimate of drug-likeness (QED) is 0.695. The van der Waals surface area contributed by atoms with Crippen molar-refractivity contribution >= 4 is 17.6 Å². The second-order valence-corrected chi connectivity index (χ2v) is 4.72. The number of nitrogens with one attached hydrogen (secondary N) is 1. The van der Waals surface area contributed by atoms with Gasteiger partial charge >= 0.3 is 5.97 Å². The number of carbonyl (C=O) groups excluding carboxylic acids is 1. The van der Waals surface area contributed by atoms with Crippen molar-refractivity contribution < 1.29 is 19.8 Å². The van der Waals surface area contributed by atoms with Gasteiger partial charge in [-0.15, -0.1) is 0 Å². The van der Waals surface area contributed by atoms with Crippen LogP contribution in [-0.4, -0.2) is 47.1 Å². The Morgan fingerprint density at radius 2 is 1.90 bits per heavy atom. The van der Waals surface area contributed by atoms with Crippen LogP contribution in [0.3, 0.4) is 0 Å². The van der Waals surface area contributed by atoms with Gasteiger partial charge < -0.3 is 20.4 Å². The molecule has 1 unspecified atom stereocenters. The fraction of sp³-hybridized carbons (Fsp3) is 0.429. The first-order valence-corrected chi connectivity index (χ1v) is 6.34. The van der Waals surface area contributed by atoms with Crippen LogP contribution in [0.15, 0.2) is 24.3 Å². The Balaban J connectivity index is 2.52. The third-order valence-electron chi connectivity index (χ3n) is 2.81. The van der Waals surface area contributed by atoms with E-state index in [4.69, 9.17) is 5.11 Å². The van der Waals surface area contributed by atoms with E-state index in [1.165, 1.54) is 6.92 Å². The molecule has 1 aromatic carbocycles. The number of carboxylic acids is 1. The van der Waals surface area contributed by atoms with Gasteiger partial charge in [-0.3, -0.25) is 9.59 Å². The summed E-state index contributed by atoms with van der Waals surface area (Å²) in [6, 6.07) is 6.91. The van der Waals surface area contributed by atoms with Gasteiger partial charge in [0.15, 0.2) is 0 Å². The van der Waals surface area contributed by atoms with Gasteiger partial charge in [-0.2, -0.15) is 0 Å². The summed E-state index contributed by atoms with van der Waals surface area (Å²) >= 11 is 0. The highest BCUT2D eigenvalue weighted by atomic mass is 16.4. The Bertz CT molecular complexity index is 459. The maximum Gasteiger partial charge on any atom is 0.304 e. The highest BCUT2D eigenvalue weighted by Crippen LogP contribution is 2.17. The van der Waals surface area contributed by atoms with E-state index in [9.17, 15) is 14.7 Å². The molecule has 1 aromatic rings. The summed E-state index contributed by atoms with van der Waals surface area (Å²) in [5.41, 5.74) is 1.40. The van der Waals surface area contributed by atoms with Crippen LogP contribution in [0.5, 0.6) is 0 Å². The molecule has 3 N–H and O–H groups in total. The lowest BCUT2D eigenvalue weighted by molar-refractivity contribution is -0.137. The van der Waals surface area contributed by atoms with Crippen LogP contribution in [0.25, 0.3) is 0 Å². The number of carbonyl (C=O) groups is 2. The van der Waals surface area contributed by atoms with Crippen molar-refractivity contribution in [2.45, 2.75) is 19.4 Å². The molecule has 0 spiro atoms. The predicted octanol–water partition coefficient (Wildman–Crippen LogP) is 1.08. The molecule has 0 aliphatic carbocycles. The van der Waals surface area contributed by atoms with Gasteiger partial charge in [0.2, 0.25) is 5.91 Å². The molecule has 6 nitrogen and oxygen atoms in total. The zero-order valence-corrected chi connectivity index (χ0v) is 11.7. The number of amides is 1. The van der Waals surface area contributed by atoms with Gasteiger partial charge in [0, 0.05) is 25.7 Å². The van der Waals surface area contributed by atoms with Crippen LogP contribution in [0, 0.1) is 0 Å². The summed E-state index contributed by atoms with van der Waals surface area (Å²) in [7, 11) is 1.76. The number of aliphatic carboxylic acids is 1. The Labute approximate surface area is 118 Å². The summed E-state index contributed by atoms with van der Waals surface area (Å²) < 4.78 is 0. The van der Waals surface area contributed by atoms with Crippen LogP contribution in [0.1, 0.15) is 25.0 Å². The van der Waals surface area contributed by atoms with Gasteiger partial charge in [-0.05, 0) is 24.7 Å². The van der Waals surface area contributed by atoms with E-state index in [1.54, 1.807) is 36.2 Å². The average Bonchev–Trinajstić information content (AvgIpc) is 2.36. The van der Waals surface area contributed by atoms with Gasteiger partial charge in [-0.1, -0.05) is 12.1 Å². The summed E-state index contributed by atoms with van der Waals surface area (Å²) in [6.45, 7) is 2.17. The summed E-state index contributed by atoms with van der Waals surface area (Å²) in [5.74, 6) is -1.00. The molecule has 0 heterocycles. The molecule has 0 aliphatic heterocycles. The van der Waals surface area contributed by atoms with Gasteiger partial charge in [-0.25, -0.2) is 0 Å². The maximum absolute atomic E-state index is 10.9. The fourth-order valence-electron chi connectivity index (χ4n) is 1.77. The van der Waals surface area contributed by atoms with Crippen molar-refractivity contribution in [3.63, 3.8) is 0 Å². The van der Waals surface area contributed by atoms with Crippen LogP contribution >= 0.6 is 0 Å². The Hall–Kier alpha value is -1.92. The molecular weight excluding hydrogens is 260 g/mol. The van der Waals surface area contributed by atoms with Gasteiger partial charge in [0.25, 0.3) is 0 Å². The smallest absolute Gasteiger partial charge is 0.304 e. The second-order valence-electron chi connectivity index (χ2n) is 4.72. The number of nitrogens with zero attached hydrogens (tertiary/aromatic N) is 1. The average molecular weight is 280 g/mol. The first-order valence-electron chi connectivity index (χ1n) is 6.34. The number of carboxylic acid groups (broad SMARTS) is 1. The normalized spacial score (nSPS) is 12.2. The van der Waals surface area contributed by atoms with E-state index in [-0.39, 0.29) is 12.3 Å². The monoisotopic (exact) mass is 280 g/mol. The number of aliphatic hydroxyl groups excluding tert-OH is 1. The number of hydrogen-bond acceptors (Lipinski definition) is 4. The van der Waals surface area contributed by atoms with E-state index in [2.05, 4.69) is 5.32 Å². The largest absolute Gasteiger partial charge is 0.481 e. The Morgan fingerprint density at radius 3 is 2.40 bits per heavy atom. The van der Waals surface area contributed by atoms with Crippen LogP contribution in [0.2, 0.25) is 0 Å². The predicted molar refractivity (Wildman–Crippen MR) is 75.5 cm³/mol. The van der Waals surface area contributed by atoms with E-state index in [1.807, 2.05) is 0 Å². The van der Waals surface area contributed by atoms with Crippen molar-refractivity contribution in [1.29, 1.82) is 0 Å². The molecule has 20 heavy (non-hydrogen) atoms. The van der Waals surface area contributed by atoms with Crippen LogP contribution < -0.4 is 5.32 Å². The van der Waals surface area contributed by atoms with E-state index < -0.39 is 12.1 Å². The first-order chi connectivity index (χ1) is 9.38. The van der Waals surface area contributed by atoms with Crippen molar-refractivity contribution in [2.24, 2.45) is 0 Å². The highest BCUT2D eigenvalue weighted by molar-refractivity contribution is 5.88. The van der Waals surface area contributed by atoms with Crippen molar-refractivity contribution in [3.05, 3.63) is 29.8 Å². The second kappa shape index (κ2) is 7.62. The number of aliphatic hydroxyl groups is 1. The van der Waals surface area contributed by atoms with Crippen molar-refractivity contribution in [3.8, 4) is 0 Å². The van der Waals surface area contributed by atoms with Crippen LogP contribution in [0.4, 0.5) is 5.69 Å². The molecule has 0 aliphatic rings. The Morgan fingerprint density at radius 1 is 1.30 bits per heavy atom. The highest BCUT2D eigenvalue weighted by Gasteiger charge is 2.11. The number of likely N-dealkylation sites (N-methyl/N-ethyl adjacent to an activating group) is 1. The van der Waals surface area contributed by atoms with Crippen LogP contribution in [-0.2, 0) is 9.59 Å². The zero-order chi connectivity index (χ0) is 15.1. The fourth-order valence-corrected chi connectivity index (χ4v) is 1.77. The molecule has 110 valence electrons. The lowest BCUT2D eigenvalue weighted by atomic mass is 10.1. The lowest BCUT2D eigenvalue weighted by Crippen LogP contribution is -2.27. The summed E-state index contributed by atoms with van der Waals surface area (Å²) in [6.07, 6.45) is -0.648. The minimum Gasteiger partial charge on any atom is -0.481 e. The summed E-state index contributed by atoms with van der Waals surface area (Å²) in [5, 5.41) is 21.3. The van der Waals surface area contributed by atoms with Gasteiger partial charge in [0.05, 0.1) is 12.5 Å². The van der Waals surface area contributed by atoms with E-state index in [0.717, 1.165) is 5.56 Å².